The Labute approximate surface area is 127 Å². The van der Waals surface area contributed by atoms with Gasteiger partial charge in [-0.15, -0.1) is 0 Å². The minimum absolute atomic E-state index is 0.153. The number of amides is 1. The van der Waals surface area contributed by atoms with E-state index in [0.29, 0.717) is 5.70 Å². The van der Waals surface area contributed by atoms with Crippen LogP contribution in [0.15, 0.2) is 48.2 Å². The number of rotatable bonds is 4. The molecule has 0 aliphatic heterocycles. The number of ether oxygens (including phenoxy) is 2. The Balaban J connectivity index is 2.22. The molecule has 1 aromatic rings. The van der Waals surface area contributed by atoms with Crippen molar-refractivity contribution in [2.45, 2.75) is 13.0 Å². The SMILES string of the molecule is CO[C@@H]1C=CC(=O)C=C1NC(=O)c1ccccc1OC(C)=O. The van der Waals surface area contributed by atoms with E-state index in [-0.39, 0.29) is 17.1 Å². The normalized spacial score (nSPS) is 16.9. The molecule has 1 N–H and O–H groups in total. The summed E-state index contributed by atoms with van der Waals surface area (Å²) < 4.78 is 10.2. The molecule has 1 atom stereocenters. The van der Waals surface area contributed by atoms with Crippen molar-refractivity contribution in [3.8, 4) is 5.75 Å². The lowest BCUT2D eigenvalue weighted by Gasteiger charge is -2.19. The lowest BCUT2D eigenvalue weighted by molar-refractivity contribution is -0.131. The molecule has 114 valence electrons. The van der Waals surface area contributed by atoms with Crippen LogP contribution in [0.5, 0.6) is 5.75 Å². The van der Waals surface area contributed by atoms with Crippen LogP contribution >= 0.6 is 0 Å². The van der Waals surface area contributed by atoms with Crippen molar-refractivity contribution in [3.63, 3.8) is 0 Å². The van der Waals surface area contributed by atoms with E-state index in [9.17, 15) is 14.4 Å². The van der Waals surface area contributed by atoms with Gasteiger partial charge >= 0.3 is 5.97 Å². The van der Waals surface area contributed by atoms with Crippen molar-refractivity contribution < 1.29 is 23.9 Å². The second-order valence-electron chi connectivity index (χ2n) is 4.56. The van der Waals surface area contributed by atoms with Gasteiger partial charge in [0.1, 0.15) is 11.9 Å². The Morgan fingerprint density at radius 3 is 2.64 bits per heavy atom. The van der Waals surface area contributed by atoms with Gasteiger partial charge in [0.25, 0.3) is 5.91 Å². The lowest BCUT2D eigenvalue weighted by atomic mass is 10.1. The van der Waals surface area contributed by atoms with Crippen molar-refractivity contribution in [2.75, 3.05) is 7.11 Å². The minimum atomic E-state index is -0.523. The zero-order valence-corrected chi connectivity index (χ0v) is 12.2. The zero-order valence-electron chi connectivity index (χ0n) is 12.2. The number of nitrogens with one attached hydrogen (secondary N) is 1. The van der Waals surface area contributed by atoms with Crippen LogP contribution in [0.4, 0.5) is 0 Å². The van der Waals surface area contributed by atoms with E-state index in [1.807, 2.05) is 0 Å². The highest BCUT2D eigenvalue weighted by Crippen LogP contribution is 2.19. The minimum Gasteiger partial charge on any atom is -0.426 e. The third-order valence-electron chi connectivity index (χ3n) is 2.94. The maximum Gasteiger partial charge on any atom is 0.308 e. The largest absolute Gasteiger partial charge is 0.426 e. The summed E-state index contributed by atoms with van der Waals surface area (Å²) in [6, 6.07) is 6.34. The highest BCUT2D eigenvalue weighted by Gasteiger charge is 2.21. The van der Waals surface area contributed by atoms with Gasteiger partial charge in [0.05, 0.1) is 11.3 Å². The number of para-hydroxylation sites is 1. The summed E-state index contributed by atoms with van der Waals surface area (Å²) >= 11 is 0. The van der Waals surface area contributed by atoms with E-state index < -0.39 is 18.0 Å². The topological polar surface area (TPSA) is 81.7 Å². The maximum atomic E-state index is 12.3. The van der Waals surface area contributed by atoms with Gasteiger partial charge in [0.2, 0.25) is 0 Å². The van der Waals surface area contributed by atoms with E-state index in [0.717, 1.165) is 0 Å². The molecule has 1 amide bonds. The number of ketones is 1. The Morgan fingerprint density at radius 2 is 1.95 bits per heavy atom. The first-order valence-electron chi connectivity index (χ1n) is 6.56. The zero-order chi connectivity index (χ0) is 16.1. The van der Waals surface area contributed by atoms with Crippen LogP contribution in [0.25, 0.3) is 0 Å². The highest BCUT2D eigenvalue weighted by atomic mass is 16.5. The van der Waals surface area contributed by atoms with Crippen molar-refractivity contribution in [1.29, 1.82) is 0 Å². The van der Waals surface area contributed by atoms with E-state index in [1.165, 1.54) is 38.3 Å². The second kappa shape index (κ2) is 6.82. The number of hydrogen-bond acceptors (Lipinski definition) is 5. The van der Waals surface area contributed by atoms with E-state index in [2.05, 4.69) is 5.32 Å². The molecule has 0 bridgehead atoms. The summed E-state index contributed by atoms with van der Waals surface area (Å²) in [5.41, 5.74) is 0.521. The number of carbonyl (C=O) groups excluding carboxylic acids is 3. The smallest absolute Gasteiger partial charge is 0.308 e. The summed E-state index contributed by atoms with van der Waals surface area (Å²) in [7, 11) is 1.47. The molecule has 22 heavy (non-hydrogen) atoms. The van der Waals surface area contributed by atoms with Gasteiger partial charge in [0.15, 0.2) is 5.78 Å². The first-order chi connectivity index (χ1) is 10.5. The number of carbonyl (C=O) groups is 3. The first kappa shape index (κ1) is 15.7. The predicted molar refractivity (Wildman–Crippen MR) is 78.2 cm³/mol. The van der Waals surface area contributed by atoms with Crippen LogP contribution in [0, 0.1) is 0 Å². The van der Waals surface area contributed by atoms with Crippen molar-refractivity contribution in [2.24, 2.45) is 0 Å². The number of hydrogen-bond donors (Lipinski definition) is 1. The summed E-state index contributed by atoms with van der Waals surface area (Å²) in [6.45, 7) is 1.25. The van der Waals surface area contributed by atoms with Gasteiger partial charge in [-0.2, -0.15) is 0 Å². The monoisotopic (exact) mass is 301 g/mol. The number of allylic oxidation sites excluding steroid dienone is 2. The van der Waals surface area contributed by atoms with Gasteiger partial charge < -0.3 is 14.8 Å². The molecule has 0 spiro atoms. The molecule has 0 saturated heterocycles. The molecule has 1 aliphatic carbocycles. The van der Waals surface area contributed by atoms with Crippen LogP contribution in [-0.2, 0) is 14.3 Å². The van der Waals surface area contributed by atoms with Crippen LogP contribution in [0.1, 0.15) is 17.3 Å². The number of methoxy groups -OCH3 is 1. The average Bonchev–Trinajstić information content (AvgIpc) is 2.47. The van der Waals surface area contributed by atoms with Crippen LogP contribution < -0.4 is 10.1 Å². The van der Waals surface area contributed by atoms with Crippen LogP contribution in [0.2, 0.25) is 0 Å². The van der Waals surface area contributed by atoms with Gasteiger partial charge in [0, 0.05) is 20.1 Å². The molecule has 2 rings (SSSR count). The molecule has 0 aromatic heterocycles. The Hall–Kier alpha value is -2.73. The summed E-state index contributed by atoms with van der Waals surface area (Å²) in [5, 5.41) is 2.61. The summed E-state index contributed by atoms with van der Waals surface area (Å²) in [4.78, 5) is 34.9. The molecule has 0 saturated carbocycles. The Bertz CT molecular complexity index is 675. The third kappa shape index (κ3) is 3.67. The molecular formula is C16H15NO5. The predicted octanol–water partition coefficient (Wildman–Crippen LogP) is 1.38. The third-order valence-corrected chi connectivity index (χ3v) is 2.94. The highest BCUT2D eigenvalue weighted by molar-refractivity contribution is 6.03. The Kier molecular flexibility index (Phi) is 4.85. The molecule has 1 aliphatic rings. The van der Waals surface area contributed by atoms with Crippen molar-refractivity contribution in [1.82, 2.24) is 5.32 Å². The lowest BCUT2D eigenvalue weighted by Crippen LogP contribution is -2.32. The molecular weight excluding hydrogens is 286 g/mol. The molecule has 1 aromatic carbocycles. The molecule has 6 heteroatoms. The van der Waals surface area contributed by atoms with Crippen molar-refractivity contribution in [3.05, 3.63) is 53.8 Å². The maximum absolute atomic E-state index is 12.3. The number of esters is 1. The van der Waals surface area contributed by atoms with E-state index in [4.69, 9.17) is 9.47 Å². The van der Waals surface area contributed by atoms with Gasteiger partial charge in [-0.1, -0.05) is 12.1 Å². The first-order valence-corrected chi connectivity index (χ1v) is 6.56. The standard InChI is InChI=1S/C16H15NO5/c1-10(18)22-14-6-4-3-5-12(14)16(20)17-13-9-11(19)7-8-15(13)21-2/h3-9,15H,1-2H3,(H,17,20)/t15-/m1/s1. The van der Waals surface area contributed by atoms with E-state index >= 15 is 0 Å². The molecule has 0 fully saturated rings. The summed E-state index contributed by atoms with van der Waals surface area (Å²) in [6.07, 6.45) is 3.70. The fraction of sp³-hybridized carbons (Fsp3) is 0.188. The van der Waals surface area contributed by atoms with Crippen LogP contribution in [-0.4, -0.2) is 30.9 Å². The molecule has 0 heterocycles. The van der Waals surface area contributed by atoms with Gasteiger partial charge in [-0.25, -0.2) is 0 Å². The summed E-state index contributed by atoms with van der Waals surface area (Å²) in [5.74, 6) is -1.10. The Morgan fingerprint density at radius 1 is 1.23 bits per heavy atom. The van der Waals surface area contributed by atoms with E-state index in [1.54, 1.807) is 18.2 Å². The molecule has 0 radical (unpaired) electrons. The molecule has 0 unspecified atom stereocenters. The fourth-order valence-corrected chi connectivity index (χ4v) is 1.98. The average molecular weight is 301 g/mol. The fourth-order valence-electron chi connectivity index (χ4n) is 1.98. The second-order valence-corrected chi connectivity index (χ2v) is 4.56. The number of benzene rings is 1. The van der Waals surface area contributed by atoms with Gasteiger partial charge in [-0.05, 0) is 24.3 Å². The quantitative estimate of drug-likeness (QED) is 0.671. The van der Waals surface area contributed by atoms with Crippen molar-refractivity contribution >= 4 is 17.7 Å². The molecule has 6 nitrogen and oxygen atoms in total. The van der Waals surface area contributed by atoms with Gasteiger partial charge in [-0.3, -0.25) is 14.4 Å². The van der Waals surface area contributed by atoms with Crippen LogP contribution in [0.3, 0.4) is 0 Å².